The van der Waals surface area contributed by atoms with Crippen molar-refractivity contribution in [1.29, 1.82) is 0 Å². The molecule has 2 heterocycles. The third-order valence-electron chi connectivity index (χ3n) is 5.20. The number of aromatic nitrogens is 1. The molecule has 0 bridgehead atoms. The molecule has 6 heteroatoms. The largest absolute Gasteiger partial charge is 0.346 e. The van der Waals surface area contributed by atoms with Crippen LogP contribution < -0.4 is 5.32 Å². The highest BCUT2D eigenvalue weighted by Gasteiger charge is 2.50. The molecule has 0 unspecified atom stereocenters. The molecule has 26 heavy (non-hydrogen) atoms. The summed E-state index contributed by atoms with van der Waals surface area (Å²) < 4.78 is 2.09. The van der Waals surface area contributed by atoms with Crippen molar-refractivity contribution >= 4 is 17.7 Å². The van der Waals surface area contributed by atoms with Gasteiger partial charge in [-0.1, -0.05) is 26.7 Å². The van der Waals surface area contributed by atoms with E-state index in [4.69, 9.17) is 0 Å². The lowest BCUT2D eigenvalue weighted by molar-refractivity contribution is -0.131. The molecule has 1 aliphatic rings. The lowest BCUT2D eigenvalue weighted by atomic mass is 9.88. The zero-order chi connectivity index (χ0) is 19.6. The van der Waals surface area contributed by atoms with Crippen molar-refractivity contribution in [1.82, 2.24) is 14.8 Å². The molecular formula is C20H31N3O3. The van der Waals surface area contributed by atoms with Gasteiger partial charge in [-0.2, -0.15) is 0 Å². The SMILES string of the molecule is CCCC1(CCC)NC(=O)N(CC(=O)c2cc(C)n(C(C)C)c2C)C1=O. The van der Waals surface area contributed by atoms with Gasteiger partial charge in [0.05, 0.1) is 6.54 Å². The average molecular weight is 361 g/mol. The number of Topliss-reactive ketones (excluding diaryl/α,β-unsaturated/α-hetero) is 1. The molecule has 1 aromatic rings. The lowest BCUT2D eigenvalue weighted by Crippen LogP contribution is -2.47. The predicted octanol–water partition coefficient (Wildman–Crippen LogP) is 3.76. The average Bonchev–Trinajstić information content (AvgIpc) is 2.97. The number of ketones is 1. The topological polar surface area (TPSA) is 71.4 Å². The number of carbonyl (C=O) groups excluding carboxylic acids is 3. The van der Waals surface area contributed by atoms with Gasteiger partial charge in [0.2, 0.25) is 0 Å². The number of urea groups is 1. The lowest BCUT2D eigenvalue weighted by Gasteiger charge is -2.25. The van der Waals surface area contributed by atoms with Crippen molar-refractivity contribution in [3.8, 4) is 0 Å². The molecule has 0 radical (unpaired) electrons. The molecule has 1 N–H and O–H groups in total. The molecule has 0 spiro atoms. The molecule has 2 rings (SSSR count). The summed E-state index contributed by atoms with van der Waals surface area (Å²) >= 11 is 0. The Bertz CT molecular complexity index is 712. The molecule has 1 fully saturated rings. The zero-order valence-corrected chi connectivity index (χ0v) is 16.8. The summed E-state index contributed by atoms with van der Waals surface area (Å²) in [5.41, 5.74) is 1.61. The van der Waals surface area contributed by atoms with Crippen LogP contribution in [0.1, 0.15) is 81.2 Å². The van der Waals surface area contributed by atoms with Crippen LogP contribution in [0, 0.1) is 13.8 Å². The summed E-state index contributed by atoms with van der Waals surface area (Å²) in [5.74, 6) is -0.463. The van der Waals surface area contributed by atoms with Gasteiger partial charge in [0.25, 0.3) is 5.91 Å². The maximum Gasteiger partial charge on any atom is 0.325 e. The number of amides is 3. The molecule has 0 aromatic carbocycles. The standard InChI is InChI=1S/C20H31N3O3/c1-7-9-20(10-8-2)18(25)22(19(26)21-20)12-17(24)16-11-14(5)23(13(3)4)15(16)6/h11,13H,7-10,12H2,1-6H3,(H,21,26). The summed E-state index contributed by atoms with van der Waals surface area (Å²) in [5, 5.41) is 2.86. The zero-order valence-electron chi connectivity index (χ0n) is 16.8. The highest BCUT2D eigenvalue weighted by molar-refractivity contribution is 6.11. The summed E-state index contributed by atoms with van der Waals surface area (Å²) in [4.78, 5) is 39.3. The minimum Gasteiger partial charge on any atom is -0.346 e. The molecule has 0 atom stereocenters. The first-order valence-electron chi connectivity index (χ1n) is 9.54. The highest BCUT2D eigenvalue weighted by atomic mass is 16.2. The van der Waals surface area contributed by atoms with Crippen LogP contribution in [-0.4, -0.2) is 39.3 Å². The van der Waals surface area contributed by atoms with E-state index in [0.29, 0.717) is 18.4 Å². The van der Waals surface area contributed by atoms with E-state index in [1.165, 1.54) is 0 Å². The van der Waals surface area contributed by atoms with E-state index in [1.54, 1.807) is 0 Å². The summed E-state index contributed by atoms with van der Waals surface area (Å²) in [6, 6.07) is 1.64. The quantitative estimate of drug-likeness (QED) is 0.566. The Kier molecular flexibility index (Phi) is 5.94. The van der Waals surface area contributed by atoms with Crippen molar-refractivity contribution in [2.75, 3.05) is 6.54 Å². The molecule has 1 aliphatic heterocycles. The first kappa shape index (κ1) is 20.2. The van der Waals surface area contributed by atoms with E-state index in [1.807, 2.05) is 33.8 Å². The number of hydrogen-bond donors (Lipinski definition) is 1. The molecular weight excluding hydrogens is 330 g/mol. The minimum atomic E-state index is -0.851. The van der Waals surface area contributed by atoms with Gasteiger partial charge in [-0.3, -0.25) is 14.5 Å². The molecule has 144 valence electrons. The first-order chi connectivity index (χ1) is 12.2. The molecule has 1 saturated heterocycles. The second kappa shape index (κ2) is 7.64. The smallest absolute Gasteiger partial charge is 0.325 e. The van der Waals surface area contributed by atoms with Gasteiger partial charge in [-0.25, -0.2) is 4.79 Å². The van der Waals surface area contributed by atoms with Crippen LogP contribution in [0.15, 0.2) is 6.07 Å². The maximum absolute atomic E-state index is 12.9. The van der Waals surface area contributed by atoms with E-state index in [-0.39, 0.29) is 24.3 Å². The van der Waals surface area contributed by atoms with Gasteiger partial charge in [-0.05, 0) is 46.6 Å². The number of nitrogens with one attached hydrogen (secondary N) is 1. The Morgan fingerprint density at radius 3 is 2.19 bits per heavy atom. The van der Waals surface area contributed by atoms with E-state index in [9.17, 15) is 14.4 Å². The fraction of sp³-hybridized carbons (Fsp3) is 0.650. The molecule has 1 aromatic heterocycles. The van der Waals surface area contributed by atoms with Crippen LogP contribution in [0.2, 0.25) is 0 Å². The van der Waals surface area contributed by atoms with E-state index >= 15 is 0 Å². The number of nitrogens with zero attached hydrogens (tertiary/aromatic N) is 2. The third kappa shape index (κ3) is 3.41. The van der Waals surface area contributed by atoms with Gasteiger partial charge in [-0.15, -0.1) is 0 Å². The van der Waals surface area contributed by atoms with Gasteiger partial charge < -0.3 is 9.88 Å². The van der Waals surface area contributed by atoms with Crippen LogP contribution in [0.3, 0.4) is 0 Å². The number of rotatable bonds is 8. The number of aryl methyl sites for hydroxylation is 1. The number of carbonyl (C=O) groups is 3. The maximum atomic E-state index is 12.9. The van der Waals surface area contributed by atoms with Crippen molar-refractivity contribution in [2.45, 2.75) is 78.8 Å². The van der Waals surface area contributed by atoms with Crippen molar-refractivity contribution in [3.63, 3.8) is 0 Å². The molecule has 6 nitrogen and oxygen atoms in total. The van der Waals surface area contributed by atoms with E-state index in [2.05, 4.69) is 23.7 Å². The van der Waals surface area contributed by atoms with Crippen LogP contribution in [-0.2, 0) is 4.79 Å². The van der Waals surface area contributed by atoms with E-state index < -0.39 is 11.6 Å². The summed E-state index contributed by atoms with van der Waals surface area (Å²) in [6.45, 7) is 11.8. The van der Waals surface area contributed by atoms with E-state index in [0.717, 1.165) is 29.1 Å². The Balaban J connectivity index is 2.26. The second-order valence-electron chi connectivity index (χ2n) is 7.58. The highest BCUT2D eigenvalue weighted by Crippen LogP contribution is 2.29. The Morgan fingerprint density at radius 1 is 1.15 bits per heavy atom. The third-order valence-corrected chi connectivity index (χ3v) is 5.20. The van der Waals surface area contributed by atoms with Crippen molar-refractivity contribution in [2.24, 2.45) is 0 Å². The predicted molar refractivity (Wildman–Crippen MR) is 101 cm³/mol. The minimum absolute atomic E-state index is 0.197. The summed E-state index contributed by atoms with van der Waals surface area (Å²) in [6.07, 6.45) is 2.78. The van der Waals surface area contributed by atoms with Crippen LogP contribution in [0.5, 0.6) is 0 Å². The molecule has 3 amide bonds. The monoisotopic (exact) mass is 361 g/mol. The Hall–Kier alpha value is -2.11. The van der Waals surface area contributed by atoms with Crippen LogP contribution in [0.4, 0.5) is 4.79 Å². The van der Waals surface area contributed by atoms with Gasteiger partial charge >= 0.3 is 6.03 Å². The first-order valence-corrected chi connectivity index (χ1v) is 9.54. The fourth-order valence-corrected chi connectivity index (χ4v) is 4.22. The second-order valence-corrected chi connectivity index (χ2v) is 7.58. The van der Waals surface area contributed by atoms with Crippen molar-refractivity contribution in [3.05, 3.63) is 23.0 Å². The number of hydrogen-bond acceptors (Lipinski definition) is 3. The molecule has 0 saturated carbocycles. The Morgan fingerprint density at radius 2 is 1.73 bits per heavy atom. The number of imide groups is 1. The summed E-state index contributed by atoms with van der Waals surface area (Å²) in [7, 11) is 0. The normalized spacial score (nSPS) is 16.5. The molecule has 0 aliphatic carbocycles. The van der Waals surface area contributed by atoms with Crippen LogP contribution >= 0.6 is 0 Å². The van der Waals surface area contributed by atoms with Crippen LogP contribution in [0.25, 0.3) is 0 Å². The van der Waals surface area contributed by atoms with Gasteiger partial charge in [0, 0.05) is 23.0 Å². The van der Waals surface area contributed by atoms with Gasteiger partial charge in [0.1, 0.15) is 5.54 Å². The Labute approximate surface area is 155 Å². The fourth-order valence-electron chi connectivity index (χ4n) is 4.22. The van der Waals surface area contributed by atoms with Crippen molar-refractivity contribution < 1.29 is 14.4 Å². The van der Waals surface area contributed by atoms with Gasteiger partial charge in [0.15, 0.2) is 5.78 Å².